The highest BCUT2D eigenvalue weighted by molar-refractivity contribution is 6.07. The number of anilines is 1. The molecule has 1 saturated heterocycles. The molecule has 5 unspecified atom stereocenters. The first-order valence-electron chi connectivity index (χ1n) is 18.6. The van der Waals surface area contributed by atoms with Gasteiger partial charge in [0, 0.05) is 41.2 Å². The van der Waals surface area contributed by atoms with Crippen molar-refractivity contribution in [2.75, 3.05) is 4.90 Å². The van der Waals surface area contributed by atoms with Crippen LogP contribution in [0.2, 0.25) is 0 Å². The molecule has 2 saturated carbocycles. The quantitative estimate of drug-likeness (QED) is 0.185. The number of hydrogen-bond acceptors (Lipinski definition) is 11. The van der Waals surface area contributed by atoms with Crippen LogP contribution < -0.4 is 9.64 Å². The number of ether oxygens (including phenoxy) is 4. The number of rotatable bonds is 11. The molecule has 2 aliphatic heterocycles. The van der Waals surface area contributed by atoms with Gasteiger partial charge in [-0.2, -0.15) is 0 Å². The van der Waals surface area contributed by atoms with Crippen molar-refractivity contribution in [2.24, 2.45) is 5.92 Å². The van der Waals surface area contributed by atoms with Crippen LogP contribution in [-0.2, 0) is 35.2 Å². The number of aliphatic hydroxyl groups excluding tert-OH is 3. The fourth-order valence-electron chi connectivity index (χ4n) is 8.02. The summed E-state index contributed by atoms with van der Waals surface area (Å²) in [6.07, 6.45) is -12.2. The van der Waals surface area contributed by atoms with E-state index in [2.05, 4.69) is 4.74 Å². The van der Waals surface area contributed by atoms with Gasteiger partial charge in [-0.15, -0.1) is 13.2 Å². The third-order valence-electron chi connectivity index (χ3n) is 10.7. The molecule has 17 heteroatoms. The van der Waals surface area contributed by atoms with Gasteiger partial charge in [0.25, 0.3) is 5.91 Å². The Morgan fingerprint density at radius 1 is 0.860 bits per heavy atom. The monoisotopic (exact) mass is 800 g/mol. The summed E-state index contributed by atoms with van der Waals surface area (Å²) in [5, 5.41) is 31.4. The number of amides is 2. The van der Waals surface area contributed by atoms with Crippen molar-refractivity contribution in [1.29, 1.82) is 0 Å². The average molecular weight is 801 g/mol. The summed E-state index contributed by atoms with van der Waals surface area (Å²) in [4.78, 5) is 57.2. The van der Waals surface area contributed by atoms with Crippen molar-refractivity contribution in [1.82, 2.24) is 4.90 Å². The number of aliphatic hydroxyl groups is 3. The van der Waals surface area contributed by atoms with Gasteiger partial charge in [-0.05, 0) is 73.7 Å². The number of esters is 2. The molecule has 3 N–H and O–H groups in total. The highest BCUT2D eigenvalue weighted by Crippen LogP contribution is 2.53. The Kier molecular flexibility index (Phi) is 11.5. The van der Waals surface area contributed by atoms with Gasteiger partial charge < -0.3 is 44.1 Å². The second kappa shape index (κ2) is 16.4. The summed E-state index contributed by atoms with van der Waals surface area (Å²) in [5.41, 5.74) is 1.45. The lowest BCUT2D eigenvalue weighted by molar-refractivity contribution is -0.287. The summed E-state index contributed by atoms with van der Waals surface area (Å²) >= 11 is 0. The lowest BCUT2D eigenvalue weighted by Gasteiger charge is -2.48. The van der Waals surface area contributed by atoms with Gasteiger partial charge in [0.05, 0.1) is 12.5 Å². The topological polar surface area (TPSA) is 172 Å². The zero-order valence-electron chi connectivity index (χ0n) is 30.3. The molecular weight excluding hydrogens is 760 g/mol. The van der Waals surface area contributed by atoms with E-state index in [-0.39, 0.29) is 30.6 Å². The number of halogens is 4. The number of benzene rings is 3. The van der Waals surface area contributed by atoms with E-state index in [9.17, 15) is 47.7 Å². The minimum Gasteiger partial charge on any atom is -0.459 e. The van der Waals surface area contributed by atoms with Crippen molar-refractivity contribution < 1.29 is 71.0 Å². The molecule has 13 nitrogen and oxygen atoms in total. The average Bonchev–Trinajstić information content (AvgIpc) is 3.91. The Labute approximate surface area is 323 Å². The molecule has 2 heterocycles. The van der Waals surface area contributed by atoms with Crippen molar-refractivity contribution in [3.8, 4) is 5.75 Å². The second-order valence-electron chi connectivity index (χ2n) is 14.6. The van der Waals surface area contributed by atoms with Crippen LogP contribution in [0.4, 0.5) is 23.2 Å². The predicted molar refractivity (Wildman–Crippen MR) is 188 cm³/mol. The number of carbonyl (C=O) groups is 4. The first-order valence-corrected chi connectivity index (χ1v) is 18.6. The van der Waals surface area contributed by atoms with Gasteiger partial charge in [0.15, 0.2) is 6.10 Å². The summed E-state index contributed by atoms with van der Waals surface area (Å²) in [7, 11) is 0. The lowest BCUT2D eigenvalue weighted by Crippen LogP contribution is -2.60. The smallest absolute Gasteiger partial charge is 0.459 e. The number of hydrogen-bond donors (Lipinski definition) is 3. The van der Waals surface area contributed by atoms with Gasteiger partial charge in [-0.25, -0.2) is 9.18 Å². The molecule has 0 radical (unpaired) electrons. The van der Waals surface area contributed by atoms with Crippen LogP contribution in [0.5, 0.6) is 5.75 Å². The number of fused-ring (bicyclic) bond motifs is 2. The Morgan fingerprint density at radius 3 is 2.26 bits per heavy atom. The third-order valence-corrected chi connectivity index (χ3v) is 10.7. The molecule has 2 amide bonds. The van der Waals surface area contributed by atoms with Gasteiger partial charge in [0.1, 0.15) is 36.5 Å². The number of carbonyl (C=O) groups excluding carboxylic acids is 4. The molecule has 0 bridgehead atoms. The van der Waals surface area contributed by atoms with E-state index < -0.39 is 90.9 Å². The molecule has 0 aromatic heterocycles. The minimum absolute atomic E-state index is 0.0852. The van der Waals surface area contributed by atoms with Crippen molar-refractivity contribution in [3.63, 3.8) is 0 Å². The Morgan fingerprint density at radius 2 is 1.58 bits per heavy atom. The highest BCUT2D eigenvalue weighted by atomic mass is 19.4. The summed E-state index contributed by atoms with van der Waals surface area (Å²) in [5.74, 6) is -4.50. The molecule has 8 atom stereocenters. The van der Waals surface area contributed by atoms with Crippen LogP contribution >= 0.6 is 0 Å². The van der Waals surface area contributed by atoms with Crippen LogP contribution in [0.25, 0.3) is 0 Å². The Bertz CT molecular complexity index is 1960. The maximum atomic E-state index is 15.0. The summed E-state index contributed by atoms with van der Waals surface area (Å²) in [6.45, 7) is -0.180. The minimum atomic E-state index is -4.91. The standard InChI is InChI=1S/C40H40F4N2O11/c41-23-11-16-29-27(19-23)32(26-7-4-8-28(26)46(29)37(52)22-9-14-25(15-10-22)57-40(42,43)44)45(24-12-13-24)30(47)17-18-31(48)55-39-35(51)33(49)34(50)36(56-39)38(53)54-20-21-5-2-1-3-6-21/h1-3,5-6,9-11,14-16,19,24,26,28,32-36,39,49-51H,4,7-8,12-13,17-18,20H2/t26-,28+,32-,33?,34?,35?,36?,39?/m1/s1. The van der Waals surface area contributed by atoms with Gasteiger partial charge in [0.2, 0.25) is 12.2 Å². The largest absolute Gasteiger partial charge is 0.573 e. The van der Waals surface area contributed by atoms with Crippen LogP contribution in [0.1, 0.15) is 72.5 Å². The van der Waals surface area contributed by atoms with Crippen molar-refractivity contribution in [2.45, 2.75) is 107 Å². The Hall–Kier alpha value is -5.10. The second-order valence-corrected chi connectivity index (χ2v) is 14.6. The lowest BCUT2D eigenvalue weighted by atomic mass is 9.81. The fourth-order valence-corrected chi connectivity index (χ4v) is 8.02. The van der Waals surface area contributed by atoms with E-state index in [1.807, 2.05) is 0 Å². The molecule has 3 aromatic carbocycles. The molecule has 304 valence electrons. The third kappa shape index (κ3) is 8.76. The van der Waals surface area contributed by atoms with Crippen LogP contribution in [0.3, 0.4) is 0 Å². The van der Waals surface area contributed by atoms with Crippen LogP contribution in [0.15, 0.2) is 72.8 Å². The van der Waals surface area contributed by atoms with E-state index in [0.717, 1.165) is 12.1 Å². The van der Waals surface area contributed by atoms with Crippen LogP contribution in [-0.4, -0.2) is 93.1 Å². The molecule has 7 rings (SSSR count). The maximum Gasteiger partial charge on any atom is 0.573 e. The first-order chi connectivity index (χ1) is 27.2. The van der Waals surface area contributed by atoms with E-state index in [1.165, 1.54) is 35.2 Å². The molecule has 0 spiro atoms. The highest BCUT2D eigenvalue weighted by Gasteiger charge is 2.52. The van der Waals surface area contributed by atoms with Crippen molar-refractivity contribution >= 4 is 29.4 Å². The first kappa shape index (κ1) is 40.1. The van der Waals surface area contributed by atoms with E-state index in [1.54, 1.807) is 35.2 Å². The molecule has 4 aliphatic rings. The Balaban J connectivity index is 1.05. The van der Waals surface area contributed by atoms with E-state index in [0.29, 0.717) is 48.9 Å². The van der Waals surface area contributed by atoms with E-state index >= 15 is 4.39 Å². The molecule has 3 fully saturated rings. The zero-order chi connectivity index (χ0) is 40.6. The number of alkyl halides is 3. The number of nitrogens with zero attached hydrogens (tertiary/aromatic N) is 2. The predicted octanol–water partition coefficient (Wildman–Crippen LogP) is 4.46. The molecule has 2 aliphatic carbocycles. The summed E-state index contributed by atoms with van der Waals surface area (Å²) < 4.78 is 73.1. The SMILES string of the molecule is O=C(CCC(=O)N(C1CC1)[C@H]1c2cc(F)ccc2N(C(=O)c2ccc(OC(F)(F)F)cc2)[C@H]2CCC[C@H]21)OC1OC(C(=O)OCc2ccccc2)C(O)C(O)C1O. The normalized spacial score (nSPS) is 26.8. The molecule has 3 aromatic rings. The van der Waals surface area contributed by atoms with Gasteiger partial charge >= 0.3 is 18.3 Å². The zero-order valence-corrected chi connectivity index (χ0v) is 30.3. The maximum absolute atomic E-state index is 15.0. The molecular formula is C40H40F4N2O11. The van der Waals surface area contributed by atoms with Crippen LogP contribution in [0, 0.1) is 11.7 Å². The summed E-state index contributed by atoms with van der Waals surface area (Å²) in [6, 6.07) is 15.7. The van der Waals surface area contributed by atoms with Crippen molar-refractivity contribution in [3.05, 3.63) is 95.3 Å². The van der Waals surface area contributed by atoms with Gasteiger partial charge in [-0.1, -0.05) is 36.8 Å². The van der Waals surface area contributed by atoms with Gasteiger partial charge in [-0.3, -0.25) is 14.4 Å². The van der Waals surface area contributed by atoms with E-state index in [4.69, 9.17) is 14.2 Å². The molecule has 57 heavy (non-hydrogen) atoms. The fraction of sp³-hybridized carbons (Fsp3) is 0.450.